The third-order valence-electron chi connectivity index (χ3n) is 5.94. The average molecular weight is 417 g/mol. The van der Waals surface area contributed by atoms with Crippen molar-refractivity contribution >= 4 is 16.8 Å². The van der Waals surface area contributed by atoms with E-state index in [0.717, 1.165) is 30.8 Å². The first-order valence-electron chi connectivity index (χ1n) is 10.1. The number of ether oxygens (including phenoxy) is 1. The van der Waals surface area contributed by atoms with Crippen LogP contribution in [0.2, 0.25) is 0 Å². The zero-order chi connectivity index (χ0) is 20.9. The van der Waals surface area contributed by atoms with Crippen molar-refractivity contribution in [1.29, 1.82) is 0 Å². The molecular weight excluding hydrogens is 395 g/mol. The van der Waals surface area contributed by atoms with Crippen LogP contribution in [-0.4, -0.2) is 35.6 Å². The van der Waals surface area contributed by atoms with E-state index in [9.17, 15) is 13.2 Å². The highest BCUT2D eigenvalue weighted by atomic mass is 19.4. The topological polar surface area (TPSA) is 50.5 Å². The number of anilines is 1. The molecule has 1 N–H and O–H groups in total. The van der Waals surface area contributed by atoms with Gasteiger partial charge in [0.05, 0.1) is 17.8 Å². The zero-order valence-corrected chi connectivity index (χ0v) is 16.4. The van der Waals surface area contributed by atoms with E-state index in [0.29, 0.717) is 18.2 Å². The molecule has 0 aliphatic carbocycles. The number of halogens is 3. The van der Waals surface area contributed by atoms with Crippen LogP contribution >= 0.6 is 0 Å². The summed E-state index contributed by atoms with van der Waals surface area (Å²) in [5.41, 5.74) is 1.77. The molecule has 1 fully saturated rings. The Morgan fingerprint density at radius 3 is 2.73 bits per heavy atom. The van der Waals surface area contributed by atoms with Crippen molar-refractivity contribution in [2.75, 3.05) is 25.0 Å². The lowest BCUT2D eigenvalue weighted by molar-refractivity contribution is -0.156. The van der Waals surface area contributed by atoms with Crippen LogP contribution in [0.15, 0.2) is 46.9 Å². The van der Waals surface area contributed by atoms with Crippen molar-refractivity contribution in [1.82, 2.24) is 9.88 Å². The molecule has 5 rings (SSSR count). The number of aromatic nitrogens is 1. The maximum Gasteiger partial charge on any atom is 0.468 e. The molecule has 0 bridgehead atoms. The lowest BCUT2D eigenvalue weighted by Crippen LogP contribution is -2.47. The molecule has 0 radical (unpaired) electrons. The van der Waals surface area contributed by atoms with Crippen LogP contribution in [0.25, 0.3) is 11.1 Å². The van der Waals surface area contributed by atoms with Crippen LogP contribution in [0.5, 0.6) is 5.75 Å². The van der Waals surface area contributed by atoms with Crippen molar-refractivity contribution in [2.45, 2.75) is 31.6 Å². The summed E-state index contributed by atoms with van der Waals surface area (Å²) in [6.07, 6.45) is -3.51. The minimum absolute atomic E-state index is 0.0603. The van der Waals surface area contributed by atoms with Crippen molar-refractivity contribution in [3.05, 3.63) is 53.9 Å². The SMILES string of the molecule is C[C@H]1CCN([C@H]2COc3ccccc3[C@@H]2Nc2cccc3nc(C(F)(F)F)oc23)C1. The Morgan fingerprint density at radius 2 is 1.97 bits per heavy atom. The quantitative estimate of drug-likeness (QED) is 0.642. The van der Waals surface area contributed by atoms with Gasteiger partial charge < -0.3 is 14.5 Å². The largest absolute Gasteiger partial charge is 0.491 e. The monoisotopic (exact) mass is 417 g/mol. The number of nitrogens with zero attached hydrogens (tertiary/aromatic N) is 2. The van der Waals surface area contributed by atoms with Crippen LogP contribution in [0.3, 0.4) is 0 Å². The number of nitrogens with one attached hydrogen (secondary N) is 1. The third kappa shape index (κ3) is 3.39. The smallest absolute Gasteiger partial charge is 0.468 e. The van der Waals surface area contributed by atoms with Gasteiger partial charge >= 0.3 is 12.1 Å². The van der Waals surface area contributed by atoms with E-state index in [4.69, 9.17) is 9.15 Å². The second kappa shape index (κ2) is 7.19. The number of likely N-dealkylation sites (tertiary alicyclic amines) is 1. The fraction of sp³-hybridized carbons (Fsp3) is 0.409. The van der Waals surface area contributed by atoms with E-state index in [1.807, 2.05) is 24.3 Å². The highest BCUT2D eigenvalue weighted by Crippen LogP contribution is 2.40. The lowest BCUT2D eigenvalue weighted by atomic mass is 9.94. The van der Waals surface area contributed by atoms with Crippen molar-refractivity contribution < 1.29 is 22.3 Å². The van der Waals surface area contributed by atoms with Gasteiger partial charge in [-0.1, -0.05) is 31.2 Å². The highest BCUT2D eigenvalue weighted by Gasteiger charge is 2.39. The molecule has 5 nitrogen and oxygen atoms in total. The molecule has 0 saturated carbocycles. The number of hydrogen-bond acceptors (Lipinski definition) is 5. The molecule has 0 unspecified atom stereocenters. The van der Waals surface area contributed by atoms with Crippen molar-refractivity contribution in [3.63, 3.8) is 0 Å². The van der Waals surface area contributed by atoms with Gasteiger partial charge in [-0.3, -0.25) is 4.90 Å². The molecule has 30 heavy (non-hydrogen) atoms. The van der Waals surface area contributed by atoms with E-state index >= 15 is 0 Å². The van der Waals surface area contributed by atoms with Gasteiger partial charge in [-0.2, -0.15) is 13.2 Å². The lowest BCUT2D eigenvalue weighted by Gasteiger charge is -2.39. The van der Waals surface area contributed by atoms with Crippen LogP contribution in [0.4, 0.5) is 18.9 Å². The summed E-state index contributed by atoms with van der Waals surface area (Å²) in [5, 5.41) is 3.46. The van der Waals surface area contributed by atoms with Crippen LogP contribution in [-0.2, 0) is 6.18 Å². The normalized spacial score (nSPS) is 24.6. The Morgan fingerprint density at radius 1 is 1.13 bits per heavy atom. The second-order valence-electron chi connectivity index (χ2n) is 8.10. The number of benzene rings is 2. The molecular formula is C22H22F3N3O2. The Kier molecular flexibility index (Phi) is 4.61. The minimum atomic E-state index is -4.63. The molecule has 2 aliphatic rings. The standard InChI is InChI=1S/C22H22F3N3O2/c1-13-9-10-28(11-13)17-12-29-18-8-3-2-5-14(18)19(17)26-15-6-4-7-16-20(15)30-21(27-16)22(23,24)25/h2-8,13,17,19,26H,9-12H2,1H3/t13-,17-,19-/m0/s1. The number of alkyl halides is 3. The molecule has 1 aromatic heterocycles. The summed E-state index contributed by atoms with van der Waals surface area (Å²) in [4.78, 5) is 6.02. The predicted octanol–water partition coefficient (Wildman–Crippen LogP) is 5.10. The van der Waals surface area contributed by atoms with E-state index in [-0.39, 0.29) is 23.2 Å². The molecule has 3 heterocycles. The Hall–Kier alpha value is -2.74. The number of hydrogen-bond donors (Lipinski definition) is 1. The molecule has 2 aromatic carbocycles. The predicted molar refractivity (Wildman–Crippen MR) is 106 cm³/mol. The van der Waals surface area contributed by atoms with E-state index in [1.54, 1.807) is 12.1 Å². The molecule has 2 aliphatic heterocycles. The summed E-state index contributed by atoms with van der Waals surface area (Å²) >= 11 is 0. The first-order chi connectivity index (χ1) is 14.4. The van der Waals surface area contributed by atoms with Crippen LogP contribution in [0, 0.1) is 5.92 Å². The summed E-state index contributed by atoms with van der Waals surface area (Å²) < 4.78 is 50.5. The zero-order valence-electron chi connectivity index (χ0n) is 16.4. The molecule has 0 amide bonds. The Balaban J connectivity index is 1.54. The molecule has 0 spiro atoms. The van der Waals surface area contributed by atoms with E-state index < -0.39 is 12.1 Å². The molecule has 8 heteroatoms. The maximum atomic E-state index is 13.1. The molecule has 3 aromatic rings. The highest BCUT2D eigenvalue weighted by molar-refractivity contribution is 5.86. The van der Waals surface area contributed by atoms with Crippen molar-refractivity contribution in [3.8, 4) is 5.75 Å². The van der Waals surface area contributed by atoms with Gasteiger partial charge in [0.2, 0.25) is 0 Å². The first kappa shape index (κ1) is 19.2. The van der Waals surface area contributed by atoms with Gasteiger partial charge in [0.25, 0.3) is 0 Å². The maximum absolute atomic E-state index is 13.1. The van der Waals surface area contributed by atoms with E-state index in [1.165, 1.54) is 6.07 Å². The number of oxazole rings is 1. The summed E-state index contributed by atoms with van der Waals surface area (Å²) in [6, 6.07) is 12.6. The van der Waals surface area contributed by atoms with Gasteiger partial charge in [-0.05, 0) is 37.1 Å². The fourth-order valence-electron chi connectivity index (χ4n) is 4.46. The first-order valence-corrected chi connectivity index (χ1v) is 10.1. The third-order valence-corrected chi connectivity index (χ3v) is 5.94. The van der Waals surface area contributed by atoms with E-state index in [2.05, 4.69) is 22.1 Å². The molecule has 1 saturated heterocycles. The molecule has 158 valence electrons. The number of fused-ring (bicyclic) bond motifs is 2. The Bertz CT molecular complexity index is 1070. The summed E-state index contributed by atoms with van der Waals surface area (Å²) in [6.45, 7) is 4.69. The second-order valence-corrected chi connectivity index (χ2v) is 8.10. The summed E-state index contributed by atoms with van der Waals surface area (Å²) in [7, 11) is 0. The Labute approximate surface area is 171 Å². The van der Waals surface area contributed by atoms with Crippen LogP contribution in [0.1, 0.15) is 30.8 Å². The number of para-hydroxylation sites is 2. The van der Waals surface area contributed by atoms with Gasteiger partial charge in [0, 0.05) is 12.1 Å². The molecule has 3 atom stereocenters. The number of rotatable bonds is 3. The van der Waals surface area contributed by atoms with Crippen molar-refractivity contribution in [2.24, 2.45) is 5.92 Å². The van der Waals surface area contributed by atoms with Gasteiger partial charge in [0.1, 0.15) is 17.9 Å². The minimum Gasteiger partial charge on any atom is -0.491 e. The van der Waals surface area contributed by atoms with Gasteiger partial charge in [0.15, 0.2) is 5.58 Å². The van der Waals surface area contributed by atoms with Gasteiger partial charge in [-0.15, -0.1) is 0 Å². The van der Waals surface area contributed by atoms with Gasteiger partial charge in [-0.25, -0.2) is 4.98 Å². The van der Waals surface area contributed by atoms with Crippen LogP contribution < -0.4 is 10.1 Å². The summed E-state index contributed by atoms with van der Waals surface area (Å²) in [5.74, 6) is 0.165. The average Bonchev–Trinajstić information content (AvgIpc) is 3.35. The fourth-order valence-corrected chi connectivity index (χ4v) is 4.46.